The van der Waals surface area contributed by atoms with Gasteiger partial charge in [-0.1, -0.05) is 13.0 Å². The lowest BCUT2D eigenvalue weighted by Gasteiger charge is -2.14. The monoisotopic (exact) mass is 275 g/mol. The largest absolute Gasteiger partial charge is 0.358 e. The predicted octanol–water partition coefficient (Wildman–Crippen LogP) is 2.46. The van der Waals surface area contributed by atoms with Gasteiger partial charge in [-0.2, -0.15) is 5.10 Å². The molecule has 0 saturated carbocycles. The second-order valence-corrected chi connectivity index (χ2v) is 4.53. The molecule has 0 aliphatic carbocycles. The molecule has 0 amide bonds. The molecule has 0 aliphatic heterocycles. The van der Waals surface area contributed by atoms with Gasteiger partial charge >= 0.3 is 5.69 Å². The predicted molar refractivity (Wildman–Crippen MR) is 75.5 cm³/mol. The van der Waals surface area contributed by atoms with Crippen LogP contribution in [-0.4, -0.2) is 19.7 Å². The maximum atomic E-state index is 11.2. The van der Waals surface area contributed by atoms with Crippen molar-refractivity contribution in [2.75, 3.05) is 5.32 Å². The van der Waals surface area contributed by atoms with Gasteiger partial charge in [-0.15, -0.1) is 0 Å². The molecule has 0 spiro atoms. The number of rotatable bonds is 5. The van der Waals surface area contributed by atoms with Crippen molar-refractivity contribution in [2.24, 2.45) is 7.05 Å². The number of nitrogens with one attached hydrogen (secondary N) is 1. The van der Waals surface area contributed by atoms with Gasteiger partial charge in [-0.05, 0) is 25.0 Å². The molecule has 0 bridgehead atoms. The van der Waals surface area contributed by atoms with Crippen LogP contribution < -0.4 is 5.32 Å². The molecular weight excluding hydrogens is 258 g/mol. The summed E-state index contributed by atoms with van der Waals surface area (Å²) in [6.07, 6.45) is 3.95. The zero-order valence-corrected chi connectivity index (χ0v) is 11.7. The summed E-state index contributed by atoms with van der Waals surface area (Å²) in [6, 6.07) is 3.67. The summed E-state index contributed by atoms with van der Waals surface area (Å²) in [5.74, 6) is 0.420. The molecular formula is C13H17N5O2. The fourth-order valence-electron chi connectivity index (χ4n) is 2.08. The van der Waals surface area contributed by atoms with Crippen LogP contribution in [0.2, 0.25) is 0 Å². The third kappa shape index (κ3) is 2.61. The van der Waals surface area contributed by atoms with Crippen molar-refractivity contribution < 1.29 is 4.92 Å². The number of pyridine rings is 1. The summed E-state index contributed by atoms with van der Waals surface area (Å²) in [6.45, 7) is 3.78. The lowest BCUT2D eigenvalue weighted by molar-refractivity contribution is -0.384. The van der Waals surface area contributed by atoms with Crippen LogP contribution in [0.15, 0.2) is 24.5 Å². The standard InChI is InChI=1S/C13H17N5O2/c1-4-11-12(18(19)20)13(17(3)16-11)15-9(2)10-6-5-7-14-8-10/h5-9,15H,4H2,1-3H3. The van der Waals surface area contributed by atoms with Gasteiger partial charge in [0, 0.05) is 19.4 Å². The Morgan fingerprint density at radius 2 is 2.30 bits per heavy atom. The minimum Gasteiger partial charge on any atom is -0.358 e. The molecule has 2 aromatic heterocycles. The Bertz CT molecular complexity index is 609. The lowest BCUT2D eigenvalue weighted by Crippen LogP contribution is -2.11. The summed E-state index contributed by atoms with van der Waals surface area (Å²) >= 11 is 0. The van der Waals surface area contributed by atoms with Crippen molar-refractivity contribution in [1.29, 1.82) is 0 Å². The first-order chi connectivity index (χ1) is 9.54. The third-order valence-corrected chi connectivity index (χ3v) is 3.15. The van der Waals surface area contributed by atoms with E-state index in [1.54, 1.807) is 19.4 Å². The first-order valence-corrected chi connectivity index (χ1v) is 6.41. The van der Waals surface area contributed by atoms with Crippen molar-refractivity contribution in [1.82, 2.24) is 14.8 Å². The highest BCUT2D eigenvalue weighted by Gasteiger charge is 2.26. The Kier molecular flexibility index (Phi) is 3.97. The molecule has 0 radical (unpaired) electrons. The summed E-state index contributed by atoms with van der Waals surface area (Å²) in [5, 5.41) is 18.6. The van der Waals surface area contributed by atoms with Gasteiger partial charge in [0.25, 0.3) is 0 Å². The molecule has 0 aromatic carbocycles. The minimum atomic E-state index is -0.385. The highest BCUT2D eigenvalue weighted by molar-refractivity contribution is 5.60. The molecule has 2 heterocycles. The maximum Gasteiger partial charge on any atom is 0.333 e. The summed E-state index contributed by atoms with van der Waals surface area (Å²) in [5.41, 5.74) is 1.49. The SMILES string of the molecule is CCc1nn(C)c(NC(C)c2cccnc2)c1[N+](=O)[O-]. The summed E-state index contributed by atoms with van der Waals surface area (Å²) in [7, 11) is 1.70. The van der Waals surface area contributed by atoms with Crippen LogP contribution >= 0.6 is 0 Å². The molecule has 0 aliphatic rings. The number of aromatic nitrogens is 3. The van der Waals surface area contributed by atoms with Crippen LogP contribution in [0.1, 0.15) is 31.1 Å². The fourth-order valence-corrected chi connectivity index (χ4v) is 2.08. The smallest absolute Gasteiger partial charge is 0.333 e. The molecule has 1 atom stereocenters. The van der Waals surface area contributed by atoms with E-state index in [1.165, 1.54) is 4.68 Å². The van der Waals surface area contributed by atoms with E-state index < -0.39 is 0 Å². The number of nitrogens with zero attached hydrogens (tertiary/aromatic N) is 4. The van der Waals surface area contributed by atoms with E-state index >= 15 is 0 Å². The first-order valence-electron chi connectivity index (χ1n) is 6.41. The number of anilines is 1. The number of aryl methyl sites for hydroxylation is 2. The van der Waals surface area contributed by atoms with E-state index in [2.05, 4.69) is 15.4 Å². The van der Waals surface area contributed by atoms with Crippen molar-refractivity contribution in [3.05, 3.63) is 45.9 Å². The van der Waals surface area contributed by atoms with Crippen molar-refractivity contribution >= 4 is 11.5 Å². The van der Waals surface area contributed by atoms with Crippen LogP contribution in [0.4, 0.5) is 11.5 Å². The number of hydrogen-bond donors (Lipinski definition) is 1. The third-order valence-electron chi connectivity index (χ3n) is 3.15. The van der Waals surface area contributed by atoms with Gasteiger partial charge in [-0.3, -0.25) is 15.1 Å². The van der Waals surface area contributed by atoms with Crippen LogP contribution in [0.5, 0.6) is 0 Å². The molecule has 7 heteroatoms. The molecule has 106 valence electrons. The second-order valence-electron chi connectivity index (χ2n) is 4.53. The van der Waals surface area contributed by atoms with Gasteiger partial charge in [0.2, 0.25) is 5.82 Å². The van der Waals surface area contributed by atoms with Gasteiger partial charge in [0.15, 0.2) is 0 Å². The van der Waals surface area contributed by atoms with E-state index in [9.17, 15) is 10.1 Å². The topological polar surface area (TPSA) is 85.9 Å². The van der Waals surface area contributed by atoms with E-state index in [-0.39, 0.29) is 16.7 Å². The fraction of sp³-hybridized carbons (Fsp3) is 0.385. The summed E-state index contributed by atoms with van der Waals surface area (Å²) < 4.78 is 1.52. The Morgan fingerprint density at radius 1 is 1.55 bits per heavy atom. The highest BCUT2D eigenvalue weighted by atomic mass is 16.6. The molecule has 2 rings (SSSR count). The van der Waals surface area contributed by atoms with Gasteiger partial charge in [-0.25, -0.2) is 4.68 Å². The van der Waals surface area contributed by atoms with E-state index in [0.717, 1.165) is 5.56 Å². The van der Waals surface area contributed by atoms with Gasteiger partial charge in [0.1, 0.15) is 5.69 Å². The van der Waals surface area contributed by atoms with Crippen molar-refractivity contribution in [3.63, 3.8) is 0 Å². The van der Waals surface area contributed by atoms with Crippen molar-refractivity contribution in [3.8, 4) is 0 Å². The molecule has 7 nitrogen and oxygen atoms in total. The lowest BCUT2D eigenvalue weighted by atomic mass is 10.1. The van der Waals surface area contributed by atoms with Crippen LogP contribution in [-0.2, 0) is 13.5 Å². The Labute approximate surface area is 116 Å². The van der Waals surface area contributed by atoms with Crippen LogP contribution in [0.3, 0.4) is 0 Å². The van der Waals surface area contributed by atoms with Crippen LogP contribution in [0.25, 0.3) is 0 Å². The van der Waals surface area contributed by atoms with E-state index in [4.69, 9.17) is 0 Å². The molecule has 0 saturated heterocycles. The van der Waals surface area contributed by atoms with E-state index in [0.29, 0.717) is 17.9 Å². The molecule has 2 aromatic rings. The van der Waals surface area contributed by atoms with Gasteiger partial charge in [0.05, 0.1) is 11.0 Å². The normalized spacial score (nSPS) is 12.2. The molecule has 0 fully saturated rings. The van der Waals surface area contributed by atoms with Crippen LogP contribution in [0, 0.1) is 10.1 Å². The van der Waals surface area contributed by atoms with Gasteiger partial charge < -0.3 is 5.32 Å². The highest BCUT2D eigenvalue weighted by Crippen LogP contribution is 2.31. The van der Waals surface area contributed by atoms with E-state index in [1.807, 2.05) is 26.0 Å². The minimum absolute atomic E-state index is 0.0470. The second kappa shape index (κ2) is 5.68. The maximum absolute atomic E-state index is 11.2. The molecule has 1 N–H and O–H groups in total. The quantitative estimate of drug-likeness (QED) is 0.669. The Morgan fingerprint density at radius 3 is 2.85 bits per heavy atom. The zero-order valence-electron chi connectivity index (χ0n) is 11.7. The Hall–Kier alpha value is -2.44. The molecule has 1 unspecified atom stereocenters. The average molecular weight is 275 g/mol. The summed E-state index contributed by atoms with van der Waals surface area (Å²) in [4.78, 5) is 14.9. The molecule has 20 heavy (non-hydrogen) atoms. The van der Waals surface area contributed by atoms with Crippen molar-refractivity contribution in [2.45, 2.75) is 26.3 Å². The zero-order chi connectivity index (χ0) is 14.7. The Balaban J connectivity index is 2.34. The number of hydrogen-bond acceptors (Lipinski definition) is 5. The first kappa shape index (κ1) is 14.0. The average Bonchev–Trinajstić information content (AvgIpc) is 2.76. The number of nitro groups is 1.